The molecule has 1 aromatic rings. The molecule has 0 unspecified atom stereocenters. The van der Waals surface area contributed by atoms with Crippen LogP contribution in [0.25, 0.3) is 0 Å². The van der Waals surface area contributed by atoms with Crippen molar-refractivity contribution in [2.75, 3.05) is 13.1 Å². The number of hydrogen-bond donors (Lipinski definition) is 0. The molecule has 0 spiro atoms. The molecular formula is C17H27N3O2. The smallest absolute Gasteiger partial charge is 0.316 e. The van der Waals surface area contributed by atoms with Crippen LogP contribution in [0.1, 0.15) is 52.4 Å². The summed E-state index contributed by atoms with van der Waals surface area (Å²) in [5, 5.41) is 0. The van der Waals surface area contributed by atoms with Crippen LogP contribution >= 0.6 is 0 Å². The lowest BCUT2D eigenvalue weighted by atomic mass is 9.95. The van der Waals surface area contributed by atoms with Gasteiger partial charge in [0.25, 0.3) is 0 Å². The van der Waals surface area contributed by atoms with Gasteiger partial charge < -0.3 is 9.64 Å². The summed E-state index contributed by atoms with van der Waals surface area (Å²) >= 11 is 0. The minimum atomic E-state index is 0.113. The second kappa shape index (κ2) is 8.71. The van der Waals surface area contributed by atoms with Gasteiger partial charge in [-0.3, -0.25) is 4.79 Å². The summed E-state index contributed by atoms with van der Waals surface area (Å²) in [5.41, 5.74) is 0. The largest absolute Gasteiger partial charge is 0.460 e. The van der Waals surface area contributed by atoms with E-state index in [1.807, 2.05) is 4.90 Å². The van der Waals surface area contributed by atoms with Crippen LogP contribution in [0.4, 0.5) is 0 Å². The summed E-state index contributed by atoms with van der Waals surface area (Å²) < 4.78 is 5.78. The predicted molar refractivity (Wildman–Crippen MR) is 85.6 cm³/mol. The molecule has 0 bridgehead atoms. The highest BCUT2D eigenvalue weighted by Crippen LogP contribution is 2.21. The quantitative estimate of drug-likeness (QED) is 0.777. The predicted octanol–water partition coefficient (Wildman–Crippen LogP) is 3.06. The van der Waals surface area contributed by atoms with Gasteiger partial charge in [0.15, 0.2) is 0 Å². The van der Waals surface area contributed by atoms with Crippen molar-refractivity contribution in [1.29, 1.82) is 0 Å². The van der Waals surface area contributed by atoms with E-state index in [1.165, 1.54) is 0 Å². The van der Waals surface area contributed by atoms with Gasteiger partial charge in [-0.1, -0.05) is 26.7 Å². The van der Waals surface area contributed by atoms with Gasteiger partial charge in [0.1, 0.15) is 6.10 Å². The van der Waals surface area contributed by atoms with Crippen LogP contribution in [0.5, 0.6) is 6.01 Å². The molecule has 1 fully saturated rings. The second-order valence-electron chi connectivity index (χ2n) is 5.95. The first-order chi connectivity index (χ1) is 10.7. The average Bonchev–Trinajstić information content (AvgIpc) is 2.56. The lowest BCUT2D eigenvalue weighted by Gasteiger charge is -2.34. The maximum atomic E-state index is 12.6. The Morgan fingerprint density at radius 2 is 1.82 bits per heavy atom. The second-order valence-corrected chi connectivity index (χ2v) is 5.95. The number of carbonyl (C=O) groups is 1. The lowest BCUT2D eigenvalue weighted by molar-refractivity contribution is -0.137. The zero-order valence-corrected chi connectivity index (χ0v) is 13.7. The molecule has 0 N–H and O–H groups in total. The molecular weight excluding hydrogens is 278 g/mol. The Kier molecular flexibility index (Phi) is 6.62. The Bertz CT molecular complexity index is 438. The van der Waals surface area contributed by atoms with Crippen LogP contribution in [-0.2, 0) is 4.79 Å². The Labute approximate surface area is 133 Å². The van der Waals surface area contributed by atoms with Crippen LogP contribution in [0.2, 0.25) is 0 Å². The van der Waals surface area contributed by atoms with E-state index >= 15 is 0 Å². The first-order valence-electron chi connectivity index (χ1n) is 8.47. The number of amides is 1. The molecule has 5 heteroatoms. The maximum Gasteiger partial charge on any atom is 0.316 e. The summed E-state index contributed by atoms with van der Waals surface area (Å²) in [6.45, 7) is 5.85. The van der Waals surface area contributed by atoms with Crippen molar-refractivity contribution in [3.8, 4) is 6.01 Å². The molecule has 0 saturated carbocycles. The van der Waals surface area contributed by atoms with Crippen LogP contribution in [-0.4, -0.2) is 40.0 Å². The summed E-state index contributed by atoms with van der Waals surface area (Å²) in [5.74, 6) is 0.531. The molecule has 1 aliphatic heterocycles. The van der Waals surface area contributed by atoms with Gasteiger partial charge >= 0.3 is 6.01 Å². The van der Waals surface area contributed by atoms with E-state index in [0.717, 1.165) is 51.6 Å². The van der Waals surface area contributed by atoms with Gasteiger partial charge in [0.2, 0.25) is 5.91 Å². The molecule has 1 amide bonds. The number of ether oxygens (including phenoxy) is 1. The highest BCUT2D eigenvalue weighted by Gasteiger charge is 2.28. The molecule has 0 aromatic carbocycles. The Balaban J connectivity index is 1.82. The van der Waals surface area contributed by atoms with E-state index in [9.17, 15) is 4.79 Å². The average molecular weight is 305 g/mol. The summed E-state index contributed by atoms with van der Waals surface area (Å²) in [7, 11) is 0. The molecule has 2 heterocycles. The van der Waals surface area contributed by atoms with E-state index in [1.54, 1.807) is 18.5 Å². The SMILES string of the molecule is CCCC(CCC)C(=O)N1CCC(Oc2ncccn2)CC1. The first-order valence-corrected chi connectivity index (χ1v) is 8.47. The van der Waals surface area contributed by atoms with Crippen LogP contribution in [0.15, 0.2) is 18.5 Å². The van der Waals surface area contributed by atoms with E-state index in [4.69, 9.17) is 4.74 Å². The highest BCUT2D eigenvalue weighted by atomic mass is 16.5. The molecule has 1 aromatic heterocycles. The fraction of sp³-hybridized carbons (Fsp3) is 0.706. The first kappa shape index (κ1) is 16.7. The van der Waals surface area contributed by atoms with E-state index in [-0.39, 0.29) is 12.0 Å². The van der Waals surface area contributed by atoms with Gasteiger partial charge in [-0.25, -0.2) is 9.97 Å². The Hall–Kier alpha value is -1.65. The lowest BCUT2D eigenvalue weighted by Crippen LogP contribution is -2.44. The fourth-order valence-electron chi connectivity index (χ4n) is 3.04. The Morgan fingerprint density at radius 3 is 2.36 bits per heavy atom. The van der Waals surface area contributed by atoms with Crippen LogP contribution < -0.4 is 4.74 Å². The molecule has 0 atom stereocenters. The third kappa shape index (κ3) is 4.68. The zero-order chi connectivity index (χ0) is 15.8. The van der Waals surface area contributed by atoms with Gasteiger partial charge in [0.05, 0.1) is 0 Å². The van der Waals surface area contributed by atoms with Crippen LogP contribution in [0, 0.1) is 5.92 Å². The monoisotopic (exact) mass is 305 g/mol. The molecule has 1 saturated heterocycles. The van der Waals surface area contributed by atoms with Gasteiger partial charge in [-0.2, -0.15) is 0 Å². The van der Waals surface area contributed by atoms with Crippen molar-refractivity contribution in [3.05, 3.63) is 18.5 Å². The topological polar surface area (TPSA) is 55.3 Å². The molecule has 22 heavy (non-hydrogen) atoms. The minimum Gasteiger partial charge on any atom is -0.460 e. The van der Waals surface area contributed by atoms with Gasteiger partial charge in [0, 0.05) is 44.2 Å². The molecule has 5 nitrogen and oxygen atoms in total. The maximum absolute atomic E-state index is 12.6. The van der Waals surface area contributed by atoms with Crippen LogP contribution in [0.3, 0.4) is 0 Å². The van der Waals surface area contributed by atoms with E-state index in [0.29, 0.717) is 11.9 Å². The standard InChI is InChI=1S/C17H27N3O2/c1-3-6-14(7-4-2)16(21)20-12-8-15(9-13-20)22-17-18-10-5-11-19-17/h5,10-11,14-15H,3-4,6-9,12-13H2,1-2H3. The third-order valence-corrected chi connectivity index (χ3v) is 4.19. The van der Waals surface area contributed by atoms with E-state index < -0.39 is 0 Å². The third-order valence-electron chi connectivity index (χ3n) is 4.19. The number of nitrogens with zero attached hydrogens (tertiary/aromatic N) is 3. The molecule has 1 aliphatic rings. The van der Waals surface area contributed by atoms with Crippen molar-refractivity contribution >= 4 is 5.91 Å². The summed E-state index contributed by atoms with van der Waals surface area (Å²) in [4.78, 5) is 22.8. The van der Waals surface area contributed by atoms with Crippen molar-refractivity contribution < 1.29 is 9.53 Å². The van der Waals surface area contributed by atoms with Gasteiger partial charge in [-0.15, -0.1) is 0 Å². The number of hydrogen-bond acceptors (Lipinski definition) is 4. The van der Waals surface area contributed by atoms with Crippen molar-refractivity contribution in [2.24, 2.45) is 5.92 Å². The number of piperidine rings is 1. The summed E-state index contributed by atoms with van der Waals surface area (Å²) in [6.07, 6.45) is 9.33. The van der Waals surface area contributed by atoms with Crippen molar-refractivity contribution in [1.82, 2.24) is 14.9 Å². The number of likely N-dealkylation sites (tertiary alicyclic amines) is 1. The normalized spacial score (nSPS) is 16.0. The summed E-state index contributed by atoms with van der Waals surface area (Å²) in [6, 6.07) is 2.21. The minimum absolute atomic E-state index is 0.113. The molecule has 0 aliphatic carbocycles. The zero-order valence-electron chi connectivity index (χ0n) is 13.7. The molecule has 2 rings (SSSR count). The fourth-order valence-corrected chi connectivity index (χ4v) is 3.04. The van der Waals surface area contributed by atoms with Crippen molar-refractivity contribution in [3.63, 3.8) is 0 Å². The highest BCUT2D eigenvalue weighted by molar-refractivity contribution is 5.78. The Morgan fingerprint density at radius 1 is 1.23 bits per heavy atom. The molecule has 0 radical (unpaired) electrons. The number of carbonyl (C=O) groups excluding carboxylic acids is 1. The van der Waals surface area contributed by atoms with Crippen molar-refractivity contribution in [2.45, 2.75) is 58.5 Å². The number of rotatable bonds is 7. The molecule has 122 valence electrons. The number of aromatic nitrogens is 2. The van der Waals surface area contributed by atoms with E-state index in [2.05, 4.69) is 23.8 Å². The van der Waals surface area contributed by atoms with Gasteiger partial charge in [-0.05, 0) is 18.9 Å².